The van der Waals surface area contributed by atoms with Gasteiger partial charge in [0, 0.05) is 31.6 Å². The van der Waals surface area contributed by atoms with Crippen LogP contribution < -0.4 is 5.32 Å². The lowest BCUT2D eigenvalue weighted by atomic mass is 10.2. The van der Waals surface area contributed by atoms with Crippen molar-refractivity contribution in [3.63, 3.8) is 0 Å². The first-order valence-corrected chi connectivity index (χ1v) is 8.86. The summed E-state index contributed by atoms with van der Waals surface area (Å²) in [5.74, 6) is -2.48. The molecule has 1 unspecified atom stereocenters. The number of rotatable bonds is 9. The Labute approximate surface area is 144 Å². The van der Waals surface area contributed by atoms with Crippen molar-refractivity contribution in [1.29, 1.82) is 0 Å². The normalized spacial score (nSPS) is 12.6. The molecule has 0 heterocycles. The lowest BCUT2D eigenvalue weighted by Crippen LogP contribution is -2.47. The smallest absolute Gasteiger partial charge is 0.321 e. The van der Waals surface area contributed by atoms with Gasteiger partial charge in [0.2, 0.25) is 15.9 Å². The number of nitro groups is 1. The van der Waals surface area contributed by atoms with Crippen LogP contribution in [0.2, 0.25) is 0 Å². The number of carbonyl (C=O) groups is 2. The molecular formula is C14H19N3O7S. The average molecular weight is 373 g/mol. The van der Waals surface area contributed by atoms with Gasteiger partial charge in [0.15, 0.2) is 0 Å². The molecule has 0 aliphatic carbocycles. The summed E-state index contributed by atoms with van der Waals surface area (Å²) in [5.41, 5.74) is -0.412. The van der Waals surface area contributed by atoms with E-state index in [2.05, 4.69) is 5.32 Å². The fraction of sp³-hybridized carbons (Fsp3) is 0.429. The van der Waals surface area contributed by atoms with E-state index in [-0.39, 0.29) is 30.2 Å². The van der Waals surface area contributed by atoms with E-state index in [4.69, 9.17) is 5.11 Å². The molecule has 0 saturated carbocycles. The Hall–Kier alpha value is -2.53. The number of carboxylic acids is 1. The third-order valence-electron chi connectivity index (χ3n) is 3.38. The third kappa shape index (κ3) is 5.80. The highest BCUT2D eigenvalue weighted by atomic mass is 32.2. The Morgan fingerprint density at radius 1 is 1.36 bits per heavy atom. The second kappa shape index (κ2) is 8.53. The molecule has 1 aromatic rings. The fourth-order valence-corrected chi connectivity index (χ4v) is 3.87. The zero-order chi connectivity index (χ0) is 19.2. The molecule has 0 aromatic heterocycles. The van der Waals surface area contributed by atoms with Crippen LogP contribution in [0.25, 0.3) is 0 Å². The zero-order valence-electron chi connectivity index (χ0n) is 13.7. The van der Waals surface area contributed by atoms with Gasteiger partial charge in [-0.3, -0.25) is 19.7 Å². The van der Waals surface area contributed by atoms with Crippen LogP contribution in [0.15, 0.2) is 24.3 Å². The van der Waals surface area contributed by atoms with Gasteiger partial charge in [0.25, 0.3) is 5.69 Å². The molecule has 1 rings (SSSR count). The SMILES string of the molecule is CC(=O)NCCN(C(C)C(=O)O)S(=O)(=O)Cc1ccccc1[N+](=O)[O-]. The molecule has 10 nitrogen and oxygen atoms in total. The van der Waals surface area contributed by atoms with Gasteiger partial charge in [-0.25, -0.2) is 8.42 Å². The van der Waals surface area contributed by atoms with E-state index in [0.717, 1.165) is 0 Å². The van der Waals surface area contributed by atoms with E-state index in [0.29, 0.717) is 4.31 Å². The molecular weight excluding hydrogens is 354 g/mol. The average Bonchev–Trinajstić information content (AvgIpc) is 2.50. The molecule has 0 spiro atoms. The van der Waals surface area contributed by atoms with E-state index in [1.165, 1.54) is 38.1 Å². The second-order valence-electron chi connectivity index (χ2n) is 5.25. The minimum absolute atomic E-state index is 0.0467. The molecule has 0 saturated heterocycles. The molecule has 11 heteroatoms. The summed E-state index contributed by atoms with van der Waals surface area (Å²) in [6, 6.07) is 3.95. The van der Waals surface area contributed by atoms with Crippen LogP contribution in [0, 0.1) is 10.1 Å². The standard InChI is InChI=1S/C14H19N3O7S/c1-10(14(19)20)16(8-7-15-11(2)18)25(23,24)9-12-5-3-4-6-13(12)17(21)22/h3-6,10H,7-9H2,1-2H3,(H,15,18)(H,19,20). The Balaban J connectivity index is 3.12. The van der Waals surface area contributed by atoms with Gasteiger partial charge in [0.1, 0.15) is 6.04 Å². The molecule has 1 aromatic carbocycles. The predicted octanol–water partition coefficient (Wildman–Crippen LogP) is 0.336. The molecule has 0 radical (unpaired) electrons. The van der Waals surface area contributed by atoms with Crippen molar-refractivity contribution in [2.75, 3.05) is 13.1 Å². The maximum Gasteiger partial charge on any atom is 0.321 e. The molecule has 1 amide bonds. The van der Waals surface area contributed by atoms with Gasteiger partial charge in [0.05, 0.1) is 10.7 Å². The molecule has 0 bridgehead atoms. The molecule has 0 aliphatic rings. The fourth-order valence-electron chi connectivity index (χ4n) is 2.13. The van der Waals surface area contributed by atoms with Gasteiger partial charge in [-0.1, -0.05) is 18.2 Å². The molecule has 138 valence electrons. The number of para-hydroxylation sites is 1. The summed E-state index contributed by atoms with van der Waals surface area (Å²) in [4.78, 5) is 32.5. The van der Waals surface area contributed by atoms with Crippen LogP contribution in [0.3, 0.4) is 0 Å². The zero-order valence-corrected chi connectivity index (χ0v) is 14.5. The number of carboxylic acid groups (broad SMARTS) is 1. The number of aliphatic carboxylic acids is 1. The monoisotopic (exact) mass is 373 g/mol. The minimum atomic E-state index is -4.18. The predicted molar refractivity (Wildman–Crippen MR) is 88.2 cm³/mol. The molecule has 0 fully saturated rings. The largest absolute Gasteiger partial charge is 0.480 e. The number of nitro benzene ring substituents is 1. The molecule has 2 N–H and O–H groups in total. The lowest BCUT2D eigenvalue weighted by molar-refractivity contribution is -0.385. The summed E-state index contributed by atoms with van der Waals surface area (Å²) in [6.07, 6.45) is 0. The summed E-state index contributed by atoms with van der Waals surface area (Å²) in [7, 11) is -4.18. The van der Waals surface area contributed by atoms with Crippen molar-refractivity contribution >= 4 is 27.6 Å². The number of nitrogens with zero attached hydrogens (tertiary/aromatic N) is 2. The number of hydrogen-bond acceptors (Lipinski definition) is 6. The van der Waals surface area contributed by atoms with Crippen molar-refractivity contribution in [2.24, 2.45) is 0 Å². The lowest BCUT2D eigenvalue weighted by Gasteiger charge is -2.25. The van der Waals surface area contributed by atoms with Gasteiger partial charge in [-0.2, -0.15) is 4.31 Å². The first-order chi connectivity index (χ1) is 11.6. The van der Waals surface area contributed by atoms with Crippen molar-refractivity contribution in [3.8, 4) is 0 Å². The first-order valence-electron chi connectivity index (χ1n) is 7.25. The number of amides is 1. The van der Waals surface area contributed by atoms with E-state index in [9.17, 15) is 28.1 Å². The van der Waals surface area contributed by atoms with E-state index >= 15 is 0 Å². The Kier molecular flexibility index (Phi) is 7.00. The van der Waals surface area contributed by atoms with Crippen LogP contribution in [-0.2, 0) is 25.4 Å². The Morgan fingerprint density at radius 2 is 1.96 bits per heavy atom. The number of sulfonamides is 1. The highest BCUT2D eigenvalue weighted by molar-refractivity contribution is 7.88. The molecule has 0 aliphatic heterocycles. The van der Waals surface area contributed by atoms with Crippen molar-refractivity contribution < 1.29 is 28.0 Å². The van der Waals surface area contributed by atoms with Crippen LogP contribution in [0.1, 0.15) is 19.4 Å². The maximum atomic E-state index is 12.6. The maximum absolute atomic E-state index is 12.6. The number of benzene rings is 1. The highest BCUT2D eigenvalue weighted by Gasteiger charge is 2.33. The van der Waals surface area contributed by atoms with Gasteiger partial charge in [-0.15, -0.1) is 0 Å². The molecule has 1 atom stereocenters. The van der Waals surface area contributed by atoms with Gasteiger partial charge >= 0.3 is 5.97 Å². The minimum Gasteiger partial charge on any atom is -0.480 e. The summed E-state index contributed by atoms with van der Waals surface area (Å²) >= 11 is 0. The highest BCUT2D eigenvalue weighted by Crippen LogP contribution is 2.22. The third-order valence-corrected chi connectivity index (χ3v) is 5.27. The van der Waals surface area contributed by atoms with Crippen LogP contribution in [0.4, 0.5) is 5.69 Å². The number of nitrogens with one attached hydrogen (secondary N) is 1. The van der Waals surface area contributed by atoms with Crippen LogP contribution in [-0.4, -0.2) is 53.8 Å². The van der Waals surface area contributed by atoms with Crippen LogP contribution in [0.5, 0.6) is 0 Å². The van der Waals surface area contributed by atoms with Crippen molar-refractivity contribution in [2.45, 2.75) is 25.6 Å². The quantitative estimate of drug-likeness (QED) is 0.468. The summed E-state index contributed by atoms with van der Waals surface area (Å²) in [5, 5.41) is 22.5. The molecule has 25 heavy (non-hydrogen) atoms. The van der Waals surface area contributed by atoms with Crippen molar-refractivity contribution in [3.05, 3.63) is 39.9 Å². The number of hydrogen-bond donors (Lipinski definition) is 2. The summed E-state index contributed by atoms with van der Waals surface area (Å²) < 4.78 is 26.0. The first kappa shape index (κ1) is 20.5. The number of carbonyl (C=O) groups excluding carboxylic acids is 1. The second-order valence-corrected chi connectivity index (χ2v) is 7.17. The summed E-state index contributed by atoms with van der Waals surface area (Å²) in [6.45, 7) is 2.08. The Bertz CT molecular complexity index is 763. The van der Waals surface area contributed by atoms with Gasteiger partial charge in [-0.05, 0) is 6.92 Å². The topological polar surface area (TPSA) is 147 Å². The Morgan fingerprint density at radius 3 is 2.48 bits per heavy atom. The van der Waals surface area contributed by atoms with E-state index in [1.54, 1.807) is 0 Å². The van der Waals surface area contributed by atoms with E-state index in [1.807, 2.05) is 0 Å². The van der Waals surface area contributed by atoms with Gasteiger partial charge < -0.3 is 10.4 Å². The van der Waals surface area contributed by atoms with Crippen LogP contribution >= 0.6 is 0 Å². The van der Waals surface area contributed by atoms with E-state index < -0.39 is 32.7 Å². The van der Waals surface area contributed by atoms with Crippen molar-refractivity contribution in [1.82, 2.24) is 9.62 Å².